The van der Waals surface area contributed by atoms with E-state index in [2.05, 4.69) is 15.4 Å². The Balaban J connectivity index is 1.55. The highest BCUT2D eigenvalue weighted by atomic mass is 35.5. The van der Waals surface area contributed by atoms with E-state index in [1.165, 1.54) is 18.9 Å². The molecule has 2 aromatic heterocycles. The molecule has 0 unspecified atom stereocenters. The minimum atomic E-state index is -4.79. The van der Waals surface area contributed by atoms with Gasteiger partial charge in [-0.05, 0) is 42.5 Å². The third kappa shape index (κ3) is 5.18. The molecule has 1 amide bonds. The first kappa shape index (κ1) is 25.6. The summed E-state index contributed by atoms with van der Waals surface area (Å²) in [7, 11) is 1.45. The summed E-state index contributed by atoms with van der Waals surface area (Å²) < 4.78 is 47.9. The maximum Gasteiger partial charge on any atom is 0.433 e. The Morgan fingerprint density at radius 3 is 2.47 bits per heavy atom. The van der Waals surface area contributed by atoms with E-state index in [0.29, 0.717) is 21.5 Å². The number of nitrogens with zero attached hydrogens (tertiary/aromatic N) is 3. The molecule has 1 N–H and O–H groups in total. The molecule has 5 rings (SSSR count). The summed E-state index contributed by atoms with van der Waals surface area (Å²) in [5.74, 6) is -0.317. The number of ether oxygens (including phenoxy) is 1. The van der Waals surface area contributed by atoms with Crippen molar-refractivity contribution in [3.8, 4) is 17.0 Å². The number of para-hydroxylation sites is 1. The first-order valence-electron chi connectivity index (χ1n) is 11.2. The standard InChI is InChI=1S/C27H18ClF3N4O2S/c1-37-17-9-7-8-16(14-17)20-15-22(27(29,30)31)35-25(32-20)23(28)24(34-35)26(36)33-19-12-5-6-13-21(19)38-18-10-3-2-4-11-18/h2-15H,1H3,(H,33,36). The fourth-order valence-electron chi connectivity index (χ4n) is 3.72. The molecule has 0 saturated carbocycles. The largest absolute Gasteiger partial charge is 0.497 e. The van der Waals surface area contributed by atoms with E-state index in [-0.39, 0.29) is 22.1 Å². The van der Waals surface area contributed by atoms with E-state index in [1.807, 2.05) is 42.5 Å². The van der Waals surface area contributed by atoms with Crippen LogP contribution in [-0.2, 0) is 6.18 Å². The quantitative estimate of drug-likeness (QED) is 0.236. The van der Waals surface area contributed by atoms with E-state index >= 15 is 0 Å². The molecule has 6 nitrogen and oxygen atoms in total. The highest BCUT2D eigenvalue weighted by molar-refractivity contribution is 7.99. The zero-order valence-electron chi connectivity index (χ0n) is 19.7. The fraction of sp³-hybridized carbons (Fsp3) is 0.0741. The van der Waals surface area contributed by atoms with Crippen LogP contribution >= 0.6 is 23.4 Å². The van der Waals surface area contributed by atoms with Gasteiger partial charge in [-0.25, -0.2) is 9.50 Å². The summed E-state index contributed by atoms with van der Waals surface area (Å²) in [6, 6.07) is 23.9. The number of nitrogens with one attached hydrogen (secondary N) is 1. The van der Waals surface area contributed by atoms with Crippen molar-refractivity contribution in [2.45, 2.75) is 16.0 Å². The van der Waals surface area contributed by atoms with Crippen molar-refractivity contribution in [2.75, 3.05) is 12.4 Å². The molecule has 0 atom stereocenters. The molecule has 38 heavy (non-hydrogen) atoms. The number of carbonyl (C=O) groups is 1. The molecular formula is C27H18ClF3N4O2S. The second-order valence-corrected chi connectivity index (χ2v) is 9.51. The number of alkyl halides is 3. The molecule has 0 bridgehead atoms. The first-order valence-corrected chi connectivity index (χ1v) is 12.4. The SMILES string of the molecule is COc1cccc(-c2cc(C(F)(F)F)n3nc(C(=O)Nc4ccccc4Sc4ccccc4)c(Cl)c3n2)c1. The maximum atomic E-state index is 14.0. The third-order valence-corrected chi connectivity index (χ3v) is 6.94. The van der Waals surface area contributed by atoms with Crippen molar-refractivity contribution >= 4 is 40.6 Å². The normalized spacial score (nSPS) is 11.5. The number of methoxy groups -OCH3 is 1. The summed E-state index contributed by atoms with van der Waals surface area (Å²) in [6.07, 6.45) is -4.79. The maximum absolute atomic E-state index is 14.0. The number of aromatic nitrogens is 3. The molecule has 0 fully saturated rings. The molecular weight excluding hydrogens is 537 g/mol. The van der Waals surface area contributed by atoms with Gasteiger partial charge in [-0.1, -0.05) is 65.8 Å². The number of halogens is 4. The highest BCUT2D eigenvalue weighted by Crippen LogP contribution is 2.36. The second kappa shape index (κ2) is 10.4. The van der Waals surface area contributed by atoms with Gasteiger partial charge in [-0.2, -0.15) is 18.3 Å². The molecule has 0 aliphatic heterocycles. The monoisotopic (exact) mass is 554 g/mol. The zero-order chi connectivity index (χ0) is 26.9. The van der Waals surface area contributed by atoms with Crippen LogP contribution in [0.25, 0.3) is 16.9 Å². The van der Waals surface area contributed by atoms with Gasteiger partial charge in [0.05, 0.1) is 18.5 Å². The lowest BCUT2D eigenvalue weighted by molar-refractivity contribution is -0.142. The average Bonchev–Trinajstić information content (AvgIpc) is 3.25. The van der Waals surface area contributed by atoms with E-state index < -0.39 is 17.8 Å². The number of hydrogen-bond donors (Lipinski definition) is 1. The summed E-state index contributed by atoms with van der Waals surface area (Å²) in [5, 5.41) is 6.34. The van der Waals surface area contributed by atoms with Crippen LogP contribution in [0.3, 0.4) is 0 Å². The van der Waals surface area contributed by atoms with Gasteiger partial charge in [0.1, 0.15) is 10.8 Å². The van der Waals surface area contributed by atoms with Crippen LogP contribution in [0.2, 0.25) is 5.02 Å². The number of hydrogen-bond acceptors (Lipinski definition) is 5. The van der Waals surface area contributed by atoms with Crippen LogP contribution < -0.4 is 10.1 Å². The Hall–Kier alpha value is -4.02. The number of fused-ring (bicyclic) bond motifs is 1. The van der Waals surface area contributed by atoms with Crippen LogP contribution in [-0.4, -0.2) is 27.6 Å². The van der Waals surface area contributed by atoms with Gasteiger partial charge >= 0.3 is 6.18 Å². The van der Waals surface area contributed by atoms with Crippen LogP contribution in [0.15, 0.2) is 94.7 Å². The second-order valence-electron chi connectivity index (χ2n) is 8.02. The lowest BCUT2D eigenvalue weighted by Gasteiger charge is -2.11. The molecule has 2 heterocycles. The van der Waals surface area contributed by atoms with Crippen molar-refractivity contribution in [1.29, 1.82) is 0 Å². The van der Waals surface area contributed by atoms with Crippen molar-refractivity contribution in [3.05, 3.63) is 101 Å². The molecule has 0 aliphatic rings. The number of benzene rings is 3. The Kier molecular flexibility index (Phi) is 7.00. The van der Waals surface area contributed by atoms with Gasteiger partial charge in [0.2, 0.25) is 0 Å². The van der Waals surface area contributed by atoms with E-state index in [0.717, 1.165) is 15.9 Å². The number of amides is 1. The smallest absolute Gasteiger partial charge is 0.433 e. The van der Waals surface area contributed by atoms with Gasteiger partial charge in [-0.3, -0.25) is 4.79 Å². The van der Waals surface area contributed by atoms with Crippen molar-refractivity contribution < 1.29 is 22.7 Å². The topological polar surface area (TPSA) is 68.5 Å². The molecule has 5 aromatic rings. The molecule has 0 spiro atoms. The van der Waals surface area contributed by atoms with Crippen LogP contribution in [0.5, 0.6) is 5.75 Å². The minimum Gasteiger partial charge on any atom is -0.497 e. The molecule has 0 saturated heterocycles. The lowest BCUT2D eigenvalue weighted by Crippen LogP contribution is -2.16. The summed E-state index contributed by atoms with van der Waals surface area (Å²) >= 11 is 7.85. The van der Waals surface area contributed by atoms with E-state index in [9.17, 15) is 18.0 Å². The Morgan fingerprint density at radius 2 is 1.74 bits per heavy atom. The molecule has 3 aromatic carbocycles. The highest BCUT2D eigenvalue weighted by Gasteiger charge is 2.37. The Bertz CT molecular complexity index is 1640. The first-order chi connectivity index (χ1) is 18.2. The number of anilines is 1. The number of rotatable bonds is 6. The van der Waals surface area contributed by atoms with Crippen molar-refractivity contribution in [1.82, 2.24) is 14.6 Å². The van der Waals surface area contributed by atoms with Crippen molar-refractivity contribution in [3.63, 3.8) is 0 Å². The molecule has 0 radical (unpaired) electrons. The predicted molar refractivity (Wildman–Crippen MR) is 140 cm³/mol. The summed E-state index contributed by atoms with van der Waals surface area (Å²) in [4.78, 5) is 19.2. The van der Waals surface area contributed by atoms with Gasteiger partial charge in [0, 0.05) is 15.4 Å². The Labute approximate surface area is 224 Å². The molecule has 11 heteroatoms. The van der Waals surface area contributed by atoms with E-state index in [1.54, 1.807) is 36.4 Å². The lowest BCUT2D eigenvalue weighted by atomic mass is 10.1. The van der Waals surface area contributed by atoms with Crippen LogP contribution in [0, 0.1) is 0 Å². The molecule has 192 valence electrons. The van der Waals surface area contributed by atoms with Gasteiger partial charge in [0.15, 0.2) is 17.0 Å². The summed E-state index contributed by atoms with van der Waals surface area (Å²) in [5.41, 5.74) is -0.959. The zero-order valence-corrected chi connectivity index (χ0v) is 21.2. The minimum absolute atomic E-state index is 0.00194. The predicted octanol–water partition coefficient (Wildman–Crippen LogP) is 7.48. The third-order valence-electron chi connectivity index (χ3n) is 5.51. The van der Waals surface area contributed by atoms with Gasteiger partial charge < -0.3 is 10.1 Å². The fourth-order valence-corrected chi connectivity index (χ4v) is 4.89. The molecule has 0 aliphatic carbocycles. The van der Waals surface area contributed by atoms with Gasteiger partial charge in [0.25, 0.3) is 5.91 Å². The van der Waals surface area contributed by atoms with Crippen LogP contribution in [0.4, 0.5) is 18.9 Å². The van der Waals surface area contributed by atoms with Crippen LogP contribution in [0.1, 0.15) is 16.2 Å². The van der Waals surface area contributed by atoms with Crippen molar-refractivity contribution in [2.24, 2.45) is 0 Å². The number of carbonyl (C=O) groups excluding carboxylic acids is 1. The Morgan fingerprint density at radius 1 is 1.00 bits per heavy atom. The van der Waals surface area contributed by atoms with Gasteiger partial charge in [-0.15, -0.1) is 0 Å². The summed E-state index contributed by atoms with van der Waals surface area (Å²) in [6.45, 7) is 0. The van der Waals surface area contributed by atoms with E-state index in [4.69, 9.17) is 16.3 Å². The average molecular weight is 555 g/mol.